The van der Waals surface area contributed by atoms with E-state index in [1.165, 1.54) is 6.08 Å². The van der Waals surface area contributed by atoms with Crippen LogP contribution in [0, 0.1) is 32.1 Å². The minimum absolute atomic E-state index is 0.0302. The number of carbonyl (C=O) groups is 2. The first-order chi connectivity index (χ1) is 15.8. The van der Waals surface area contributed by atoms with Crippen LogP contribution in [0.2, 0.25) is 0 Å². The zero-order valence-electron chi connectivity index (χ0n) is 18.9. The highest BCUT2D eigenvalue weighted by molar-refractivity contribution is 6.10. The Morgan fingerprint density at radius 3 is 2.03 bits per heavy atom. The molecular weight excluding hydrogens is 416 g/mol. The number of anilines is 1. The minimum atomic E-state index is -0.498. The Bertz CT molecular complexity index is 1230. The van der Waals surface area contributed by atoms with E-state index in [1.54, 1.807) is 55.6 Å². The number of aryl methyl sites for hydroxylation is 3. The molecule has 1 N–H and O–H groups in total. The van der Waals surface area contributed by atoms with E-state index >= 15 is 0 Å². The van der Waals surface area contributed by atoms with Gasteiger partial charge in [-0.25, -0.2) is 4.79 Å². The summed E-state index contributed by atoms with van der Waals surface area (Å²) < 4.78 is 10.5. The molecule has 0 aromatic heterocycles. The maximum atomic E-state index is 12.7. The first-order valence-corrected chi connectivity index (χ1v) is 10.3. The number of esters is 1. The molecule has 3 aromatic rings. The van der Waals surface area contributed by atoms with Crippen molar-refractivity contribution in [1.29, 1.82) is 5.26 Å². The maximum Gasteiger partial charge on any atom is 0.343 e. The second kappa shape index (κ2) is 10.3. The summed E-state index contributed by atoms with van der Waals surface area (Å²) in [5, 5.41) is 12.3. The molecule has 6 heteroatoms. The van der Waals surface area contributed by atoms with Gasteiger partial charge in [0.25, 0.3) is 5.91 Å². The quantitative estimate of drug-likeness (QED) is 0.240. The third kappa shape index (κ3) is 5.86. The van der Waals surface area contributed by atoms with Gasteiger partial charge in [-0.3, -0.25) is 4.79 Å². The monoisotopic (exact) mass is 440 g/mol. The van der Waals surface area contributed by atoms with E-state index in [0.717, 1.165) is 16.7 Å². The van der Waals surface area contributed by atoms with Gasteiger partial charge in [0, 0.05) is 5.69 Å². The van der Waals surface area contributed by atoms with Crippen LogP contribution >= 0.6 is 0 Å². The second-order valence-electron chi connectivity index (χ2n) is 7.58. The molecule has 0 aliphatic heterocycles. The molecule has 0 heterocycles. The van der Waals surface area contributed by atoms with E-state index in [1.807, 2.05) is 39.0 Å². The summed E-state index contributed by atoms with van der Waals surface area (Å²) in [5.41, 5.74) is 4.66. The molecular formula is C27H24N2O4. The molecule has 0 spiro atoms. The van der Waals surface area contributed by atoms with Crippen molar-refractivity contribution in [3.63, 3.8) is 0 Å². The fourth-order valence-electron chi connectivity index (χ4n) is 3.40. The van der Waals surface area contributed by atoms with E-state index in [4.69, 9.17) is 9.47 Å². The average Bonchev–Trinajstić information content (AvgIpc) is 2.80. The fraction of sp³-hybridized carbons (Fsp3) is 0.148. The Balaban J connectivity index is 1.71. The van der Waals surface area contributed by atoms with Crippen molar-refractivity contribution in [3.8, 4) is 17.6 Å². The largest absolute Gasteiger partial charge is 0.497 e. The summed E-state index contributed by atoms with van der Waals surface area (Å²) in [7, 11) is 1.55. The summed E-state index contributed by atoms with van der Waals surface area (Å²) in [6.45, 7) is 5.82. The standard InChI is InChI=1S/C27H24N2O4/c1-17-13-18(2)25(19(3)14-17)29-26(30)22(16-28)15-20-5-9-24(10-6-20)33-27(31)21-7-11-23(32-4)12-8-21/h5-15H,1-4H3,(H,29,30)/b22-15+. The van der Waals surface area contributed by atoms with Gasteiger partial charge >= 0.3 is 5.97 Å². The molecule has 0 atom stereocenters. The van der Waals surface area contributed by atoms with E-state index in [2.05, 4.69) is 5.32 Å². The smallest absolute Gasteiger partial charge is 0.343 e. The summed E-state index contributed by atoms with van der Waals surface area (Å²) in [4.78, 5) is 25.0. The molecule has 166 valence electrons. The molecule has 0 radical (unpaired) electrons. The molecule has 0 fully saturated rings. The number of hydrogen-bond donors (Lipinski definition) is 1. The highest BCUT2D eigenvalue weighted by Gasteiger charge is 2.13. The number of hydrogen-bond acceptors (Lipinski definition) is 5. The molecule has 3 aromatic carbocycles. The molecule has 1 amide bonds. The van der Waals surface area contributed by atoms with Gasteiger partial charge in [-0.1, -0.05) is 29.8 Å². The number of amides is 1. The van der Waals surface area contributed by atoms with Crippen LogP contribution in [0.5, 0.6) is 11.5 Å². The topological polar surface area (TPSA) is 88.4 Å². The number of nitrogens with zero attached hydrogens (tertiary/aromatic N) is 1. The van der Waals surface area contributed by atoms with Gasteiger partial charge in [0.2, 0.25) is 0 Å². The minimum Gasteiger partial charge on any atom is -0.497 e. The third-order valence-corrected chi connectivity index (χ3v) is 5.01. The number of nitriles is 1. The third-order valence-electron chi connectivity index (χ3n) is 5.01. The number of benzene rings is 3. The Labute approximate surface area is 193 Å². The van der Waals surface area contributed by atoms with Crippen LogP contribution < -0.4 is 14.8 Å². The lowest BCUT2D eigenvalue weighted by Gasteiger charge is -2.12. The predicted molar refractivity (Wildman–Crippen MR) is 127 cm³/mol. The Kier molecular flexibility index (Phi) is 7.27. The Morgan fingerprint density at radius 1 is 0.909 bits per heavy atom. The second-order valence-corrected chi connectivity index (χ2v) is 7.58. The van der Waals surface area contributed by atoms with Crippen molar-refractivity contribution >= 4 is 23.6 Å². The van der Waals surface area contributed by atoms with Crippen molar-refractivity contribution < 1.29 is 19.1 Å². The summed E-state index contributed by atoms with van der Waals surface area (Å²) in [6.07, 6.45) is 1.49. The lowest BCUT2D eigenvalue weighted by atomic mass is 10.0. The van der Waals surface area contributed by atoms with E-state index < -0.39 is 11.9 Å². The van der Waals surface area contributed by atoms with E-state index in [9.17, 15) is 14.9 Å². The van der Waals surface area contributed by atoms with Crippen LogP contribution in [-0.4, -0.2) is 19.0 Å². The number of methoxy groups -OCH3 is 1. The number of ether oxygens (including phenoxy) is 2. The van der Waals surface area contributed by atoms with Crippen molar-refractivity contribution in [3.05, 3.63) is 94.1 Å². The van der Waals surface area contributed by atoms with Crippen LogP contribution in [-0.2, 0) is 4.79 Å². The first-order valence-electron chi connectivity index (χ1n) is 10.3. The molecule has 0 aliphatic rings. The van der Waals surface area contributed by atoms with Gasteiger partial charge in [-0.2, -0.15) is 5.26 Å². The summed E-state index contributed by atoms with van der Waals surface area (Å²) in [6, 6.07) is 19.1. The fourth-order valence-corrected chi connectivity index (χ4v) is 3.40. The van der Waals surface area contributed by atoms with Gasteiger partial charge in [-0.15, -0.1) is 0 Å². The summed E-state index contributed by atoms with van der Waals surface area (Å²) >= 11 is 0. The maximum absolute atomic E-state index is 12.7. The van der Waals surface area contributed by atoms with Crippen molar-refractivity contribution in [1.82, 2.24) is 0 Å². The molecule has 0 saturated heterocycles. The lowest BCUT2D eigenvalue weighted by Crippen LogP contribution is -2.15. The number of carbonyl (C=O) groups excluding carboxylic acids is 2. The van der Waals surface area contributed by atoms with Gasteiger partial charge in [-0.05, 0) is 79.9 Å². The number of rotatable bonds is 6. The molecule has 0 unspecified atom stereocenters. The predicted octanol–water partition coefficient (Wildman–Crippen LogP) is 5.39. The summed E-state index contributed by atoms with van der Waals surface area (Å²) in [5.74, 6) is 0.0130. The van der Waals surface area contributed by atoms with Gasteiger partial charge in [0.05, 0.1) is 12.7 Å². The van der Waals surface area contributed by atoms with Crippen molar-refractivity contribution in [2.45, 2.75) is 20.8 Å². The van der Waals surface area contributed by atoms with Crippen molar-refractivity contribution in [2.75, 3.05) is 12.4 Å². The van der Waals surface area contributed by atoms with Crippen LogP contribution in [0.3, 0.4) is 0 Å². The molecule has 3 rings (SSSR count). The molecule has 33 heavy (non-hydrogen) atoms. The highest BCUT2D eigenvalue weighted by Crippen LogP contribution is 2.23. The van der Waals surface area contributed by atoms with E-state index in [0.29, 0.717) is 28.3 Å². The van der Waals surface area contributed by atoms with Gasteiger partial charge < -0.3 is 14.8 Å². The van der Waals surface area contributed by atoms with Gasteiger partial charge in [0.15, 0.2) is 0 Å². The molecule has 0 bridgehead atoms. The van der Waals surface area contributed by atoms with Gasteiger partial charge in [0.1, 0.15) is 23.1 Å². The molecule has 0 aliphatic carbocycles. The molecule has 6 nitrogen and oxygen atoms in total. The normalized spacial score (nSPS) is 10.8. The SMILES string of the molecule is COc1ccc(C(=O)Oc2ccc(/C=C(\C#N)C(=O)Nc3c(C)cc(C)cc3C)cc2)cc1. The first kappa shape index (κ1) is 23.3. The highest BCUT2D eigenvalue weighted by atomic mass is 16.5. The van der Waals surface area contributed by atoms with Crippen LogP contribution in [0.1, 0.15) is 32.6 Å². The zero-order chi connectivity index (χ0) is 24.0. The Morgan fingerprint density at radius 2 is 1.48 bits per heavy atom. The van der Waals surface area contributed by atoms with Crippen molar-refractivity contribution in [2.24, 2.45) is 0 Å². The van der Waals surface area contributed by atoms with E-state index in [-0.39, 0.29) is 5.57 Å². The lowest BCUT2D eigenvalue weighted by molar-refractivity contribution is -0.112. The van der Waals surface area contributed by atoms with Crippen LogP contribution in [0.4, 0.5) is 5.69 Å². The number of nitrogens with one attached hydrogen (secondary N) is 1. The van der Waals surface area contributed by atoms with Crippen LogP contribution in [0.15, 0.2) is 66.2 Å². The molecule has 0 saturated carbocycles. The Hall–Kier alpha value is -4.37. The average molecular weight is 440 g/mol. The zero-order valence-corrected chi connectivity index (χ0v) is 18.9. The van der Waals surface area contributed by atoms with Crippen LogP contribution in [0.25, 0.3) is 6.08 Å².